The van der Waals surface area contributed by atoms with Crippen LogP contribution in [0.5, 0.6) is 0 Å². The van der Waals surface area contributed by atoms with Crippen LogP contribution >= 0.6 is 0 Å². The van der Waals surface area contributed by atoms with Gasteiger partial charge >= 0.3 is 0 Å². The first-order valence-corrected chi connectivity index (χ1v) is 8.11. The molecule has 1 saturated heterocycles. The Bertz CT molecular complexity index is 422. The lowest BCUT2D eigenvalue weighted by Gasteiger charge is -2.29. The van der Waals surface area contributed by atoms with E-state index in [1.807, 2.05) is 0 Å². The molecule has 2 fully saturated rings. The number of aromatic nitrogens is 2. The molecule has 0 unspecified atom stereocenters. The van der Waals surface area contributed by atoms with E-state index in [0.717, 1.165) is 37.2 Å². The van der Waals surface area contributed by atoms with E-state index in [2.05, 4.69) is 32.9 Å². The second kappa shape index (κ2) is 6.42. The van der Waals surface area contributed by atoms with Gasteiger partial charge in [0, 0.05) is 32.7 Å². The summed E-state index contributed by atoms with van der Waals surface area (Å²) in [5.41, 5.74) is 0. The largest absolute Gasteiger partial charge is 0.359 e. The summed E-state index contributed by atoms with van der Waals surface area (Å²) in [4.78, 5) is 13.6. The minimum atomic E-state index is 0.855. The van der Waals surface area contributed by atoms with Crippen molar-refractivity contribution in [3.05, 3.63) is 12.4 Å². The van der Waals surface area contributed by atoms with Crippen LogP contribution in [0.25, 0.3) is 0 Å². The first-order chi connectivity index (χ1) is 9.83. The Morgan fingerprint density at radius 2 is 1.85 bits per heavy atom. The van der Waals surface area contributed by atoms with Crippen molar-refractivity contribution in [2.45, 2.75) is 44.9 Å². The summed E-state index contributed by atoms with van der Waals surface area (Å²) in [5, 5.41) is 0. The van der Waals surface area contributed by atoms with Crippen LogP contribution in [0.1, 0.15) is 44.9 Å². The van der Waals surface area contributed by atoms with E-state index in [-0.39, 0.29) is 0 Å². The fourth-order valence-corrected chi connectivity index (χ4v) is 3.52. The van der Waals surface area contributed by atoms with Crippen LogP contribution in [-0.2, 0) is 0 Å². The van der Waals surface area contributed by atoms with Crippen molar-refractivity contribution in [3.8, 4) is 0 Å². The van der Waals surface area contributed by atoms with E-state index in [0.29, 0.717) is 0 Å². The van der Waals surface area contributed by atoms with Crippen molar-refractivity contribution < 1.29 is 0 Å². The standard InChI is InChI=1S/C16H26N4/c1-19(12-14-7-3-4-8-14)15-11-16(18-13-17-15)20-9-5-2-6-10-20/h11,13-14H,2-10,12H2,1H3. The summed E-state index contributed by atoms with van der Waals surface area (Å²) in [7, 11) is 2.17. The second-order valence-corrected chi connectivity index (χ2v) is 6.31. The molecule has 1 aliphatic heterocycles. The van der Waals surface area contributed by atoms with Crippen molar-refractivity contribution in [1.29, 1.82) is 0 Å². The Kier molecular flexibility index (Phi) is 4.38. The highest BCUT2D eigenvalue weighted by molar-refractivity contribution is 5.49. The first-order valence-electron chi connectivity index (χ1n) is 8.11. The molecule has 1 saturated carbocycles. The van der Waals surface area contributed by atoms with Crippen LogP contribution in [0.15, 0.2) is 12.4 Å². The summed E-state index contributed by atoms with van der Waals surface area (Å²) in [6.07, 6.45) is 11.2. The summed E-state index contributed by atoms with van der Waals surface area (Å²) < 4.78 is 0. The fourth-order valence-electron chi connectivity index (χ4n) is 3.52. The minimum Gasteiger partial charge on any atom is -0.359 e. The number of rotatable bonds is 4. The van der Waals surface area contributed by atoms with Crippen molar-refractivity contribution >= 4 is 11.6 Å². The van der Waals surface area contributed by atoms with E-state index in [1.165, 1.54) is 44.9 Å². The van der Waals surface area contributed by atoms with Gasteiger partial charge in [-0.25, -0.2) is 9.97 Å². The molecule has 4 nitrogen and oxygen atoms in total. The SMILES string of the molecule is CN(CC1CCCC1)c1cc(N2CCCCC2)ncn1. The molecule has 110 valence electrons. The smallest absolute Gasteiger partial charge is 0.134 e. The Morgan fingerprint density at radius 1 is 1.10 bits per heavy atom. The second-order valence-electron chi connectivity index (χ2n) is 6.31. The molecule has 0 N–H and O–H groups in total. The molecule has 2 heterocycles. The van der Waals surface area contributed by atoms with Crippen molar-refractivity contribution in [2.24, 2.45) is 5.92 Å². The molecule has 0 radical (unpaired) electrons. The molecule has 2 aliphatic rings. The Labute approximate surface area is 122 Å². The van der Waals surface area contributed by atoms with Gasteiger partial charge in [-0.1, -0.05) is 12.8 Å². The van der Waals surface area contributed by atoms with Gasteiger partial charge in [0.25, 0.3) is 0 Å². The van der Waals surface area contributed by atoms with Crippen LogP contribution < -0.4 is 9.80 Å². The third-order valence-corrected chi connectivity index (χ3v) is 4.72. The monoisotopic (exact) mass is 274 g/mol. The van der Waals surface area contributed by atoms with Gasteiger partial charge in [-0.15, -0.1) is 0 Å². The molecule has 0 amide bonds. The third kappa shape index (κ3) is 3.22. The Hall–Kier alpha value is -1.32. The maximum Gasteiger partial charge on any atom is 0.134 e. The number of piperidine rings is 1. The lowest BCUT2D eigenvalue weighted by Crippen LogP contribution is -2.31. The van der Waals surface area contributed by atoms with Gasteiger partial charge in [-0.05, 0) is 38.0 Å². The molecule has 3 rings (SSSR count). The molecule has 0 spiro atoms. The topological polar surface area (TPSA) is 32.3 Å². The molecular weight excluding hydrogens is 248 g/mol. The predicted octanol–water partition coefficient (Wildman–Crippen LogP) is 3.09. The van der Waals surface area contributed by atoms with Gasteiger partial charge in [0.05, 0.1) is 0 Å². The summed E-state index contributed by atoms with van der Waals surface area (Å²) in [6, 6.07) is 2.17. The van der Waals surface area contributed by atoms with Gasteiger partial charge < -0.3 is 9.80 Å². The van der Waals surface area contributed by atoms with Crippen molar-refractivity contribution in [1.82, 2.24) is 9.97 Å². The number of nitrogens with zero attached hydrogens (tertiary/aromatic N) is 4. The van der Waals surface area contributed by atoms with Crippen LogP contribution in [0.2, 0.25) is 0 Å². The van der Waals surface area contributed by atoms with Crippen molar-refractivity contribution in [2.75, 3.05) is 36.5 Å². The van der Waals surface area contributed by atoms with Gasteiger partial charge in [0.2, 0.25) is 0 Å². The first kappa shape index (κ1) is 13.7. The molecule has 20 heavy (non-hydrogen) atoms. The molecule has 1 aliphatic carbocycles. The zero-order chi connectivity index (χ0) is 13.8. The number of hydrogen-bond donors (Lipinski definition) is 0. The lowest BCUT2D eigenvalue weighted by molar-refractivity contribution is 0.544. The van der Waals surface area contributed by atoms with Crippen LogP contribution in [-0.4, -0.2) is 36.6 Å². The van der Waals surface area contributed by atoms with E-state index in [4.69, 9.17) is 0 Å². The van der Waals surface area contributed by atoms with Gasteiger partial charge in [0.1, 0.15) is 18.0 Å². The summed E-state index contributed by atoms with van der Waals surface area (Å²) in [5.74, 6) is 3.04. The van der Waals surface area contributed by atoms with E-state index < -0.39 is 0 Å². The summed E-state index contributed by atoms with van der Waals surface area (Å²) in [6.45, 7) is 3.42. The average molecular weight is 274 g/mol. The highest BCUT2D eigenvalue weighted by Gasteiger charge is 2.18. The van der Waals surface area contributed by atoms with E-state index in [1.54, 1.807) is 6.33 Å². The fraction of sp³-hybridized carbons (Fsp3) is 0.750. The Morgan fingerprint density at radius 3 is 2.60 bits per heavy atom. The normalized spacial score (nSPS) is 20.4. The van der Waals surface area contributed by atoms with Crippen LogP contribution in [0, 0.1) is 5.92 Å². The number of hydrogen-bond acceptors (Lipinski definition) is 4. The highest BCUT2D eigenvalue weighted by atomic mass is 15.2. The van der Waals surface area contributed by atoms with Gasteiger partial charge in [0.15, 0.2) is 0 Å². The molecule has 0 atom stereocenters. The van der Waals surface area contributed by atoms with Gasteiger partial charge in [-0.3, -0.25) is 0 Å². The molecule has 0 aromatic carbocycles. The molecule has 1 aromatic heterocycles. The van der Waals surface area contributed by atoms with Crippen LogP contribution in [0.3, 0.4) is 0 Å². The van der Waals surface area contributed by atoms with Crippen molar-refractivity contribution in [3.63, 3.8) is 0 Å². The van der Waals surface area contributed by atoms with E-state index in [9.17, 15) is 0 Å². The quantitative estimate of drug-likeness (QED) is 0.844. The summed E-state index contributed by atoms with van der Waals surface area (Å²) >= 11 is 0. The number of anilines is 2. The van der Waals surface area contributed by atoms with Crippen LogP contribution in [0.4, 0.5) is 11.6 Å². The zero-order valence-corrected chi connectivity index (χ0v) is 12.6. The minimum absolute atomic E-state index is 0.855. The molecule has 1 aromatic rings. The highest BCUT2D eigenvalue weighted by Crippen LogP contribution is 2.27. The predicted molar refractivity (Wildman–Crippen MR) is 83.3 cm³/mol. The zero-order valence-electron chi connectivity index (χ0n) is 12.6. The third-order valence-electron chi connectivity index (χ3n) is 4.72. The van der Waals surface area contributed by atoms with Gasteiger partial charge in [-0.2, -0.15) is 0 Å². The lowest BCUT2D eigenvalue weighted by atomic mass is 10.1. The molecule has 4 heteroatoms. The average Bonchev–Trinajstić information content (AvgIpc) is 3.01. The van der Waals surface area contributed by atoms with E-state index >= 15 is 0 Å². The maximum atomic E-state index is 4.47. The molecule has 0 bridgehead atoms. The molecular formula is C16H26N4. The Balaban J connectivity index is 1.66. The maximum absolute atomic E-state index is 4.47.